The third-order valence-electron chi connectivity index (χ3n) is 6.03. The van der Waals surface area contributed by atoms with Crippen molar-refractivity contribution < 1.29 is 22.7 Å². The predicted molar refractivity (Wildman–Crippen MR) is 131 cm³/mol. The van der Waals surface area contributed by atoms with E-state index in [4.69, 9.17) is 9.47 Å². The number of ether oxygens (including phenoxy) is 2. The molecule has 34 heavy (non-hydrogen) atoms. The van der Waals surface area contributed by atoms with Crippen LogP contribution in [0.3, 0.4) is 0 Å². The summed E-state index contributed by atoms with van der Waals surface area (Å²) in [6.45, 7) is 2.64. The zero-order valence-corrected chi connectivity index (χ0v) is 20.3. The van der Waals surface area contributed by atoms with E-state index < -0.39 is 10.0 Å². The molecule has 0 radical (unpaired) electrons. The average molecular weight is 481 g/mol. The summed E-state index contributed by atoms with van der Waals surface area (Å²) in [6.07, 6.45) is 0.745. The van der Waals surface area contributed by atoms with Crippen LogP contribution in [0, 0.1) is 6.92 Å². The van der Waals surface area contributed by atoms with Gasteiger partial charge >= 0.3 is 0 Å². The highest BCUT2D eigenvalue weighted by Crippen LogP contribution is 2.32. The van der Waals surface area contributed by atoms with Crippen LogP contribution in [-0.4, -0.2) is 46.5 Å². The van der Waals surface area contributed by atoms with Crippen molar-refractivity contribution in [3.63, 3.8) is 0 Å². The maximum absolute atomic E-state index is 13.8. The molecule has 3 aromatic carbocycles. The van der Waals surface area contributed by atoms with Gasteiger partial charge in [0.15, 0.2) is 11.5 Å². The molecule has 1 aliphatic rings. The molecule has 0 spiro atoms. The summed E-state index contributed by atoms with van der Waals surface area (Å²) < 4.78 is 39.2. The highest BCUT2D eigenvalue weighted by Gasteiger charge is 2.31. The van der Waals surface area contributed by atoms with Gasteiger partial charge in [0.25, 0.3) is 10.0 Å². The molecule has 4 rings (SSSR count). The first-order valence-corrected chi connectivity index (χ1v) is 12.4. The minimum absolute atomic E-state index is 0.0162. The summed E-state index contributed by atoms with van der Waals surface area (Å²) in [5, 5.41) is 0. The summed E-state index contributed by atoms with van der Waals surface area (Å²) in [4.78, 5) is 15.1. The number of carbonyl (C=O) groups is 1. The summed E-state index contributed by atoms with van der Waals surface area (Å²) in [5.74, 6) is 0.469. The topological polar surface area (TPSA) is 76.2 Å². The summed E-state index contributed by atoms with van der Waals surface area (Å²) in [5.41, 5.74) is 3.73. The maximum atomic E-state index is 13.8. The first-order valence-electron chi connectivity index (χ1n) is 11.0. The molecular formula is C26H28N2O5S. The molecule has 8 heteroatoms. The van der Waals surface area contributed by atoms with Gasteiger partial charge in [-0.1, -0.05) is 42.0 Å². The van der Waals surface area contributed by atoms with E-state index in [0.717, 1.165) is 21.9 Å². The number of anilines is 1. The number of fused-ring (bicyclic) bond motifs is 1. The molecule has 0 bridgehead atoms. The largest absolute Gasteiger partial charge is 0.493 e. The molecule has 0 aromatic heterocycles. The van der Waals surface area contributed by atoms with Gasteiger partial charge in [-0.15, -0.1) is 0 Å². The lowest BCUT2D eigenvalue weighted by Crippen LogP contribution is -2.44. The zero-order valence-electron chi connectivity index (χ0n) is 19.5. The van der Waals surface area contributed by atoms with Gasteiger partial charge in [0, 0.05) is 19.2 Å². The van der Waals surface area contributed by atoms with Gasteiger partial charge in [-0.25, -0.2) is 8.42 Å². The number of methoxy groups -OCH3 is 2. The number of aryl methyl sites for hydroxylation is 1. The summed E-state index contributed by atoms with van der Waals surface area (Å²) in [6, 6.07) is 19.5. The normalized spacial score (nSPS) is 13.2. The van der Waals surface area contributed by atoms with Crippen LogP contribution in [0.1, 0.15) is 16.7 Å². The Balaban J connectivity index is 1.67. The van der Waals surface area contributed by atoms with Gasteiger partial charge in [-0.05, 0) is 48.7 Å². The van der Waals surface area contributed by atoms with Crippen LogP contribution >= 0.6 is 0 Å². The summed E-state index contributed by atoms with van der Waals surface area (Å²) >= 11 is 0. The quantitative estimate of drug-likeness (QED) is 0.514. The number of amides is 1. The number of rotatable bonds is 7. The van der Waals surface area contributed by atoms with Gasteiger partial charge in [0.05, 0.1) is 24.8 Å². The average Bonchev–Trinajstić information content (AvgIpc) is 2.86. The molecule has 178 valence electrons. The fourth-order valence-corrected chi connectivity index (χ4v) is 5.49. The molecule has 0 unspecified atom stereocenters. The van der Waals surface area contributed by atoms with Crippen LogP contribution in [0.25, 0.3) is 0 Å². The van der Waals surface area contributed by atoms with E-state index in [0.29, 0.717) is 30.3 Å². The molecule has 0 aliphatic carbocycles. The van der Waals surface area contributed by atoms with Crippen molar-refractivity contribution in [2.24, 2.45) is 0 Å². The van der Waals surface area contributed by atoms with E-state index in [1.54, 1.807) is 23.1 Å². The Morgan fingerprint density at radius 1 is 0.941 bits per heavy atom. The molecule has 0 N–H and O–H groups in total. The number of carbonyl (C=O) groups excluding carboxylic acids is 1. The van der Waals surface area contributed by atoms with Gasteiger partial charge < -0.3 is 14.4 Å². The molecule has 1 heterocycles. The monoisotopic (exact) mass is 480 g/mol. The Morgan fingerprint density at radius 3 is 2.29 bits per heavy atom. The molecule has 1 aliphatic heterocycles. The van der Waals surface area contributed by atoms with Crippen molar-refractivity contribution in [1.29, 1.82) is 0 Å². The Morgan fingerprint density at radius 2 is 1.62 bits per heavy atom. The molecule has 3 aromatic rings. The van der Waals surface area contributed by atoms with Gasteiger partial charge in [0.1, 0.15) is 6.54 Å². The fraction of sp³-hybridized carbons (Fsp3) is 0.269. The van der Waals surface area contributed by atoms with Crippen molar-refractivity contribution in [2.45, 2.75) is 24.8 Å². The van der Waals surface area contributed by atoms with Crippen LogP contribution in [-0.2, 0) is 27.8 Å². The maximum Gasteiger partial charge on any atom is 0.264 e. The highest BCUT2D eigenvalue weighted by atomic mass is 32.2. The van der Waals surface area contributed by atoms with Crippen LogP contribution in [0.2, 0.25) is 0 Å². The third kappa shape index (κ3) is 4.72. The number of benzene rings is 3. The smallest absolute Gasteiger partial charge is 0.264 e. The molecular weight excluding hydrogens is 452 g/mol. The minimum atomic E-state index is -4.07. The number of nitrogens with zero attached hydrogens (tertiary/aromatic N) is 2. The molecule has 0 atom stereocenters. The van der Waals surface area contributed by atoms with Gasteiger partial charge in [-0.3, -0.25) is 9.10 Å². The van der Waals surface area contributed by atoms with Gasteiger partial charge in [-0.2, -0.15) is 0 Å². The molecule has 0 fully saturated rings. The second-order valence-electron chi connectivity index (χ2n) is 8.20. The van der Waals surface area contributed by atoms with Crippen LogP contribution in [0.5, 0.6) is 11.5 Å². The fourth-order valence-electron chi connectivity index (χ4n) is 4.06. The lowest BCUT2D eigenvalue weighted by Gasteiger charge is -2.32. The SMILES string of the molecule is COc1ccc(S(=O)(=O)N(CC(=O)N2CCc3ccccc3C2)c2ccc(C)cc2)cc1OC. The van der Waals surface area contributed by atoms with E-state index in [9.17, 15) is 13.2 Å². The van der Waals surface area contributed by atoms with E-state index in [-0.39, 0.29) is 17.3 Å². The number of sulfonamides is 1. The first kappa shape index (κ1) is 23.6. The molecule has 7 nitrogen and oxygen atoms in total. The predicted octanol–water partition coefficient (Wildman–Crippen LogP) is 3.79. The molecule has 1 amide bonds. The summed E-state index contributed by atoms with van der Waals surface area (Å²) in [7, 11) is -1.13. The Bertz CT molecular complexity index is 1290. The van der Waals surface area contributed by atoms with E-state index in [1.807, 2.05) is 37.3 Å². The standard InChI is InChI=1S/C26H28N2O5S/c1-19-8-10-22(11-9-19)28(34(30,31)23-12-13-24(32-2)25(16-23)33-3)18-26(29)27-15-14-20-6-4-5-7-21(20)17-27/h4-13,16H,14-15,17-18H2,1-3H3. The van der Waals surface area contributed by atoms with E-state index in [2.05, 4.69) is 6.07 Å². The van der Waals surface area contributed by atoms with Crippen molar-refractivity contribution >= 4 is 21.6 Å². The molecule has 0 saturated heterocycles. The second-order valence-corrected chi connectivity index (χ2v) is 10.1. The van der Waals surface area contributed by atoms with Crippen LogP contribution in [0.4, 0.5) is 5.69 Å². The van der Waals surface area contributed by atoms with E-state index in [1.165, 1.54) is 31.9 Å². The Kier molecular flexibility index (Phi) is 6.79. The lowest BCUT2D eigenvalue weighted by atomic mass is 10.00. The first-order chi connectivity index (χ1) is 16.3. The number of hydrogen-bond acceptors (Lipinski definition) is 5. The minimum Gasteiger partial charge on any atom is -0.493 e. The van der Waals surface area contributed by atoms with E-state index >= 15 is 0 Å². The third-order valence-corrected chi connectivity index (χ3v) is 7.80. The second kappa shape index (κ2) is 9.77. The Labute approximate surface area is 200 Å². The van der Waals surface area contributed by atoms with Crippen molar-refractivity contribution in [3.8, 4) is 11.5 Å². The van der Waals surface area contributed by atoms with Crippen molar-refractivity contribution in [1.82, 2.24) is 4.90 Å². The van der Waals surface area contributed by atoms with Crippen LogP contribution in [0.15, 0.2) is 71.6 Å². The van der Waals surface area contributed by atoms with Crippen LogP contribution < -0.4 is 13.8 Å². The van der Waals surface area contributed by atoms with Crippen molar-refractivity contribution in [3.05, 3.63) is 83.4 Å². The number of hydrogen-bond donors (Lipinski definition) is 0. The molecule has 0 saturated carbocycles. The highest BCUT2D eigenvalue weighted by molar-refractivity contribution is 7.92. The lowest BCUT2D eigenvalue weighted by molar-refractivity contribution is -0.130. The van der Waals surface area contributed by atoms with Gasteiger partial charge in [0.2, 0.25) is 5.91 Å². The Hall–Kier alpha value is -3.52. The van der Waals surface area contributed by atoms with Crippen molar-refractivity contribution in [2.75, 3.05) is 31.6 Å². The zero-order chi connectivity index (χ0) is 24.3.